The van der Waals surface area contributed by atoms with E-state index in [-0.39, 0.29) is 12.1 Å². The summed E-state index contributed by atoms with van der Waals surface area (Å²) in [7, 11) is 0. The van der Waals surface area contributed by atoms with Gasteiger partial charge in [-0.1, -0.05) is 6.92 Å². The molecule has 0 aliphatic heterocycles. The molecule has 3 heteroatoms. The lowest BCUT2D eigenvalue weighted by Gasteiger charge is -2.14. The Morgan fingerprint density at radius 2 is 1.95 bits per heavy atom. The zero-order valence-electron chi connectivity index (χ0n) is 12.0. The summed E-state index contributed by atoms with van der Waals surface area (Å²) in [4.78, 5) is 11.7. The second kappa shape index (κ2) is 6.09. The van der Waals surface area contributed by atoms with Crippen LogP contribution in [-0.4, -0.2) is 18.1 Å². The molecule has 1 aliphatic rings. The predicted molar refractivity (Wildman–Crippen MR) is 77.4 cm³/mol. The van der Waals surface area contributed by atoms with Crippen LogP contribution in [-0.2, 0) is 4.74 Å². The molecule has 2 rings (SSSR count). The molecule has 0 bridgehead atoms. The second-order valence-corrected chi connectivity index (χ2v) is 5.79. The Labute approximate surface area is 115 Å². The molecular formula is C16H23NO2. The first kappa shape index (κ1) is 13.9. The van der Waals surface area contributed by atoms with Crippen molar-refractivity contribution in [2.24, 2.45) is 5.92 Å². The largest absolute Gasteiger partial charge is 0.459 e. The van der Waals surface area contributed by atoms with Crippen LogP contribution in [0.3, 0.4) is 0 Å². The molecule has 2 atom stereocenters. The van der Waals surface area contributed by atoms with Crippen LogP contribution in [0.25, 0.3) is 0 Å². The molecule has 0 aromatic heterocycles. The Hall–Kier alpha value is -1.51. The van der Waals surface area contributed by atoms with Crippen molar-refractivity contribution in [1.29, 1.82) is 0 Å². The van der Waals surface area contributed by atoms with Gasteiger partial charge >= 0.3 is 5.97 Å². The number of esters is 1. The van der Waals surface area contributed by atoms with Crippen LogP contribution in [0.1, 0.15) is 50.4 Å². The van der Waals surface area contributed by atoms with Gasteiger partial charge in [-0.2, -0.15) is 0 Å². The van der Waals surface area contributed by atoms with Gasteiger partial charge in [0.2, 0.25) is 0 Å². The molecule has 1 N–H and O–H groups in total. The number of carbonyl (C=O) groups excluding carboxylic acids is 1. The van der Waals surface area contributed by atoms with Gasteiger partial charge in [-0.25, -0.2) is 4.79 Å². The van der Waals surface area contributed by atoms with Gasteiger partial charge in [-0.15, -0.1) is 0 Å². The second-order valence-electron chi connectivity index (χ2n) is 5.79. The molecule has 1 aliphatic carbocycles. The maximum absolute atomic E-state index is 11.7. The third-order valence-corrected chi connectivity index (χ3v) is 3.53. The Morgan fingerprint density at radius 1 is 1.26 bits per heavy atom. The Bertz CT molecular complexity index is 425. The number of nitrogens with one attached hydrogen (secondary N) is 1. The first-order chi connectivity index (χ1) is 9.04. The summed E-state index contributed by atoms with van der Waals surface area (Å²) < 4.78 is 5.16. The minimum atomic E-state index is -0.254. The van der Waals surface area contributed by atoms with Crippen LogP contribution < -0.4 is 5.32 Å². The van der Waals surface area contributed by atoms with E-state index in [0.717, 1.165) is 11.6 Å². The SMILES string of the molecule is CC1CCC(Nc2ccc(C(=O)OC(C)C)cc2)C1. The summed E-state index contributed by atoms with van der Waals surface area (Å²) in [6.45, 7) is 6.01. The van der Waals surface area contributed by atoms with Gasteiger partial charge in [0.1, 0.15) is 0 Å². The van der Waals surface area contributed by atoms with E-state index in [1.165, 1.54) is 19.3 Å². The molecule has 1 saturated carbocycles. The molecule has 0 amide bonds. The monoisotopic (exact) mass is 261 g/mol. The quantitative estimate of drug-likeness (QED) is 0.837. The first-order valence-corrected chi connectivity index (χ1v) is 7.12. The van der Waals surface area contributed by atoms with Gasteiger partial charge in [0.05, 0.1) is 11.7 Å². The van der Waals surface area contributed by atoms with Crippen LogP contribution in [0.5, 0.6) is 0 Å². The molecule has 1 aromatic carbocycles. The van der Waals surface area contributed by atoms with Gasteiger partial charge in [-0.3, -0.25) is 0 Å². The molecule has 0 spiro atoms. The lowest BCUT2D eigenvalue weighted by Crippen LogP contribution is -2.15. The highest BCUT2D eigenvalue weighted by Crippen LogP contribution is 2.27. The summed E-state index contributed by atoms with van der Waals surface area (Å²) in [5.74, 6) is 0.564. The number of benzene rings is 1. The molecule has 1 fully saturated rings. The molecule has 104 valence electrons. The number of anilines is 1. The summed E-state index contributed by atoms with van der Waals surface area (Å²) in [5, 5.41) is 3.53. The van der Waals surface area contributed by atoms with Crippen molar-refractivity contribution in [2.45, 2.75) is 52.2 Å². The Morgan fingerprint density at radius 3 is 2.47 bits per heavy atom. The summed E-state index contributed by atoms with van der Waals surface area (Å²) in [5.41, 5.74) is 1.69. The van der Waals surface area contributed by atoms with Crippen molar-refractivity contribution in [3.05, 3.63) is 29.8 Å². The van der Waals surface area contributed by atoms with Crippen molar-refractivity contribution in [1.82, 2.24) is 0 Å². The predicted octanol–water partition coefficient (Wildman–Crippen LogP) is 3.85. The van der Waals surface area contributed by atoms with Gasteiger partial charge in [0.25, 0.3) is 0 Å². The third-order valence-electron chi connectivity index (χ3n) is 3.53. The lowest BCUT2D eigenvalue weighted by atomic mass is 10.1. The van der Waals surface area contributed by atoms with Crippen molar-refractivity contribution in [3.63, 3.8) is 0 Å². The fraction of sp³-hybridized carbons (Fsp3) is 0.562. The number of ether oxygens (including phenoxy) is 1. The molecule has 0 heterocycles. The van der Waals surface area contributed by atoms with Crippen molar-refractivity contribution in [2.75, 3.05) is 5.32 Å². The fourth-order valence-electron chi connectivity index (χ4n) is 2.56. The van der Waals surface area contributed by atoms with E-state index in [2.05, 4.69) is 12.2 Å². The van der Waals surface area contributed by atoms with E-state index >= 15 is 0 Å². The van der Waals surface area contributed by atoms with Crippen LogP contribution in [0.15, 0.2) is 24.3 Å². The van der Waals surface area contributed by atoms with E-state index < -0.39 is 0 Å². The van der Waals surface area contributed by atoms with Crippen LogP contribution in [0.2, 0.25) is 0 Å². The van der Waals surface area contributed by atoms with Crippen molar-refractivity contribution < 1.29 is 9.53 Å². The third kappa shape index (κ3) is 3.98. The molecule has 0 radical (unpaired) electrons. The fourth-order valence-corrected chi connectivity index (χ4v) is 2.56. The number of rotatable bonds is 4. The lowest BCUT2D eigenvalue weighted by molar-refractivity contribution is 0.0378. The van der Waals surface area contributed by atoms with Crippen molar-refractivity contribution >= 4 is 11.7 Å². The number of hydrogen-bond acceptors (Lipinski definition) is 3. The van der Waals surface area contributed by atoms with Crippen LogP contribution in [0, 0.1) is 5.92 Å². The topological polar surface area (TPSA) is 38.3 Å². The molecule has 1 aromatic rings. The molecule has 19 heavy (non-hydrogen) atoms. The van der Waals surface area contributed by atoms with Crippen LogP contribution >= 0.6 is 0 Å². The Kier molecular flexibility index (Phi) is 4.46. The maximum atomic E-state index is 11.7. The van der Waals surface area contributed by atoms with E-state index in [1.54, 1.807) is 0 Å². The highest BCUT2D eigenvalue weighted by molar-refractivity contribution is 5.89. The summed E-state index contributed by atoms with van der Waals surface area (Å²) >= 11 is 0. The standard InChI is InChI=1S/C16H23NO2/c1-11(2)19-16(18)13-5-8-14(9-6-13)17-15-7-4-12(3)10-15/h5-6,8-9,11-12,15,17H,4,7,10H2,1-3H3. The van der Waals surface area contributed by atoms with Gasteiger partial charge in [-0.05, 0) is 63.3 Å². The average Bonchev–Trinajstić information content (AvgIpc) is 2.75. The minimum Gasteiger partial charge on any atom is -0.459 e. The average molecular weight is 261 g/mol. The highest BCUT2D eigenvalue weighted by atomic mass is 16.5. The zero-order chi connectivity index (χ0) is 13.8. The number of hydrogen-bond donors (Lipinski definition) is 1. The van der Waals surface area contributed by atoms with E-state index in [0.29, 0.717) is 11.6 Å². The van der Waals surface area contributed by atoms with E-state index in [9.17, 15) is 4.79 Å². The molecule has 3 nitrogen and oxygen atoms in total. The van der Waals surface area contributed by atoms with Crippen molar-refractivity contribution in [3.8, 4) is 0 Å². The number of carbonyl (C=O) groups is 1. The first-order valence-electron chi connectivity index (χ1n) is 7.12. The van der Waals surface area contributed by atoms with Gasteiger partial charge < -0.3 is 10.1 Å². The van der Waals surface area contributed by atoms with Crippen LogP contribution in [0.4, 0.5) is 5.69 Å². The molecular weight excluding hydrogens is 238 g/mol. The zero-order valence-corrected chi connectivity index (χ0v) is 12.0. The maximum Gasteiger partial charge on any atom is 0.338 e. The molecule has 2 unspecified atom stereocenters. The smallest absolute Gasteiger partial charge is 0.338 e. The van der Waals surface area contributed by atoms with Gasteiger partial charge in [0.15, 0.2) is 0 Å². The summed E-state index contributed by atoms with van der Waals surface area (Å²) in [6, 6.07) is 8.14. The van der Waals surface area contributed by atoms with Gasteiger partial charge in [0, 0.05) is 11.7 Å². The normalized spacial score (nSPS) is 22.5. The van der Waals surface area contributed by atoms with E-state index in [1.807, 2.05) is 38.1 Å². The Balaban J connectivity index is 1.93. The van der Waals surface area contributed by atoms with E-state index in [4.69, 9.17) is 4.74 Å². The molecule has 0 saturated heterocycles. The highest BCUT2D eigenvalue weighted by Gasteiger charge is 2.20. The summed E-state index contributed by atoms with van der Waals surface area (Å²) in [6.07, 6.45) is 3.69. The minimum absolute atomic E-state index is 0.0784.